The molecule has 0 bridgehead atoms. The van der Waals surface area contributed by atoms with Crippen molar-refractivity contribution in [3.63, 3.8) is 0 Å². The number of nitrogens with zero attached hydrogens (tertiary/aromatic N) is 1. The number of furan rings is 1. The van der Waals surface area contributed by atoms with Gasteiger partial charge in [0.2, 0.25) is 5.76 Å². The molecule has 3 aromatic rings. The molecular formula is C23H21N3O7. The molecule has 0 saturated carbocycles. The van der Waals surface area contributed by atoms with Crippen LogP contribution >= 0.6 is 0 Å². The standard InChI is InChI=1S/C23H21N3O7/c1-14(16-7-4-5-8-18(16)33-23(29)20-9-6-12-32-20)25-26-22(28)21(27)24-17-13-15(30-2)10-11-19(17)31-3/h4-13H,1-3H3,(H,24,27)(H,26,28)/b25-14+. The van der Waals surface area contributed by atoms with Gasteiger partial charge in [-0.25, -0.2) is 10.2 Å². The van der Waals surface area contributed by atoms with Crippen molar-refractivity contribution in [3.05, 3.63) is 72.2 Å². The van der Waals surface area contributed by atoms with Gasteiger partial charge in [-0.1, -0.05) is 12.1 Å². The number of ether oxygens (including phenoxy) is 3. The van der Waals surface area contributed by atoms with Crippen LogP contribution in [0.15, 0.2) is 70.4 Å². The van der Waals surface area contributed by atoms with Crippen molar-refractivity contribution < 1.29 is 33.0 Å². The van der Waals surface area contributed by atoms with Crippen molar-refractivity contribution in [1.82, 2.24) is 5.43 Å². The van der Waals surface area contributed by atoms with Crippen LogP contribution in [0.4, 0.5) is 5.69 Å². The Labute approximate surface area is 189 Å². The molecule has 10 nitrogen and oxygen atoms in total. The van der Waals surface area contributed by atoms with Crippen molar-refractivity contribution in [2.45, 2.75) is 6.92 Å². The fourth-order valence-electron chi connectivity index (χ4n) is 2.74. The van der Waals surface area contributed by atoms with Crippen molar-refractivity contribution >= 4 is 29.2 Å². The predicted octanol–water partition coefficient (Wildman–Crippen LogP) is 2.99. The lowest BCUT2D eigenvalue weighted by atomic mass is 10.1. The minimum absolute atomic E-state index is 0.0392. The summed E-state index contributed by atoms with van der Waals surface area (Å²) in [4.78, 5) is 36.7. The molecule has 1 aromatic heterocycles. The number of hydrogen-bond donors (Lipinski definition) is 2. The maximum Gasteiger partial charge on any atom is 0.379 e. The van der Waals surface area contributed by atoms with E-state index in [1.807, 2.05) is 0 Å². The second kappa shape index (κ2) is 10.6. The lowest BCUT2D eigenvalue weighted by Gasteiger charge is -2.11. The van der Waals surface area contributed by atoms with E-state index in [1.165, 1.54) is 32.6 Å². The normalized spacial score (nSPS) is 10.8. The molecule has 2 N–H and O–H groups in total. The number of rotatable bonds is 7. The molecule has 2 aromatic carbocycles. The number of anilines is 1. The molecule has 0 saturated heterocycles. The topological polar surface area (TPSA) is 128 Å². The third kappa shape index (κ3) is 5.76. The molecule has 10 heteroatoms. The molecule has 0 spiro atoms. The van der Waals surface area contributed by atoms with E-state index in [1.54, 1.807) is 49.4 Å². The Balaban J connectivity index is 1.69. The first-order chi connectivity index (χ1) is 15.9. The number of hydrogen-bond acceptors (Lipinski definition) is 8. The molecule has 0 unspecified atom stereocenters. The summed E-state index contributed by atoms with van der Waals surface area (Å²) in [6.45, 7) is 1.59. The monoisotopic (exact) mass is 451 g/mol. The summed E-state index contributed by atoms with van der Waals surface area (Å²) >= 11 is 0. The maximum atomic E-state index is 12.3. The van der Waals surface area contributed by atoms with Crippen LogP contribution in [0.1, 0.15) is 23.0 Å². The number of benzene rings is 2. The smallest absolute Gasteiger partial charge is 0.379 e. The van der Waals surface area contributed by atoms with Crippen LogP contribution in [0.3, 0.4) is 0 Å². The third-order valence-electron chi connectivity index (χ3n) is 4.39. The molecule has 2 amide bonds. The highest BCUT2D eigenvalue weighted by atomic mass is 16.5. The van der Waals surface area contributed by atoms with Gasteiger partial charge in [0.1, 0.15) is 17.2 Å². The average Bonchev–Trinajstić information content (AvgIpc) is 3.37. The molecular weight excluding hydrogens is 430 g/mol. The van der Waals surface area contributed by atoms with Crippen LogP contribution in [-0.2, 0) is 9.59 Å². The zero-order valence-electron chi connectivity index (χ0n) is 18.1. The Morgan fingerprint density at radius 2 is 1.70 bits per heavy atom. The number of amides is 2. The number of esters is 1. The van der Waals surface area contributed by atoms with E-state index in [-0.39, 0.29) is 17.2 Å². The van der Waals surface area contributed by atoms with Crippen molar-refractivity contribution in [2.24, 2.45) is 5.10 Å². The second-order valence-corrected chi connectivity index (χ2v) is 6.52. The molecule has 0 aliphatic rings. The van der Waals surface area contributed by atoms with Gasteiger partial charge in [0.05, 0.1) is 31.9 Å². The molecule has 0 fully saturated rings. The second-order valence-electron chi connectivity index (χ2n) is 6.52. The quantitative estimate of drug-likeness (QED) is 0.186. The lowest BCUT2D eigenvalue weighted by molar-refractivity contribution is -0.136. The summed E-state index contributed by atoms with van der Waals surface area (Å²) in [5, 5.41) is 6.40. The maximum absolute atomic E-state index is 12.3. The van der Waals surface area contributed by atoms with Gasteiger partial charge < -0.3 is 23.9 Å². The summed E-state index contributed by atoms with van der Waals surface area (Å²) in [5.41, 5.74) is 3.18. The van der Waals surface area contributed by atoms with Crippen LogP contribution in [0, 0.1) is 0 Å². The molecule has 0 atom stereocenters. The molecule has 170 valence electrons. The molecule has 0 radical (unpaired) electrons. The lowest BCUT2D eigenvalue weighted by Crippen LogP contribution is -2.33. The van der Waals surface area contributed by atoms with Gasteiger partial charge in [-0.2, -0.15) is 5.10 Å². The third-order valence-corrected chi connectivity index (χ3v) is 4.39. The van der Waals surface area contributed by atoms with E-state index in [4.69, 9.17) is 18.6 Å². The minimum Gasteiger partial charge on any atom is -0.497 e. The summed E-state index contributed by atoms with van der Waals surface area (Å²) in [5.74, 6) is -1.59. The fraction of sp³-hybridized carbons (Fsp3) is 0.130. The highest BCUT2D eigenvalue weighted by Gasteiger charge is 2.18. The first-order valence-electron chi connectivity index (χ1n) is 9.65. The van der Waals surface area contributed by atoms with E-state index in [9.17, 15) is 14.4 Å². The van der Waals surface area contributed by atoms with Crippen LogP contribution < -0.4 is 25.0 Å². The van der Waals surface area contributed by atoms with Gasteiger partial charge in [-0.15, -0.1) is 0 Å². The van der Waals surface area contributed by atoms with Gasteiger partial charge >= 0.3 is 17.8 Å². The number of methoxy groups -OCH3 is 2. The summed E-state index contributed by atoms with van der Waals surface area (Å²) < 4.78 is 20.7. The zero-order chi connectivity index (χ0) is 23.8. The van der Waals surface area contributed by atoms with Crippen LogP contribution in [0.2, 0.25) is 0 Å². The highest BCUT2D eigenvalue weighted by Crippen LogP contribution is 2.28. The zero-order valence-corrected chi connectivity index (χ0v) is 18.1. The van der Waals surface area contributed by atoms with E-state index in [2.05, 4.69) is 15.8 Å². The number of carbonyl (C=O) groups is 3. The van der Waals surface area contributed by atoms with Crippen molar-refractivity contribution in [1.29, 1.82) is 0 Å². The van der Waals surface area contributed by atoms with Crippen molar-refractivity contribution in [3.8, 4) is 17.2 Å². The first kappa shape index (κ1) is 23.1. The molecule has 3 rings (SSSR count). The van der Waals surface area contributed by atoms with Gasteiger partial charge in [0, 0.05) is 11.6 Å². The Hall–Kier alpha value is -4.60. The van der Waals surface area contributed by atoms with Gasteiger partial charge in [0.25, 0.3) is 0 Å². The summed E-state index contributed by atoms with van der Waals surface area (Å²) in [7, 11) is 2.91. The van der Waals surface area contributed by atoms with Gasteiger partial charge in [-0.05, 0) is 43.3 Å². The van der Waals surface area contributed by atoms with Crippen LogP contribution in [0.5, 0.6) is 17.2 Å². The summed E-state index contributed by atoms with van der Waals surface area (Å²) in [6, 6.07) is 14.4. The Morgan fingerprint density at radius 1 is 0.909 bits per heavy atom. The molecule has 1 heterocycles. The Bertz CT molecular complexity index is 1190. The van der Waals surface area contributed by atoms with Crippen molar-refractivity contribution in [2.75, 3.05) is 19.5 Å². The van der Waals surface area contributed by atoms with Crippen LogP contribution in [-0.4, -0.2) is 37.7 Å². The minimum atomic E-state index is -1.01. The summed E-state index contributed by atoms with van der Waals surface area (Å²) in [6.07, 6.45) is 1.36. The van der Waals surface area contributed by atoms with E-state index < -0.39 is 17.8 Å². The fourth-order valence-corrected chi connectivity index (χ4v) is 2.74. The Morgan fingerprint density at radius 3 is 2.39 bits per heavy atom. The van der Waals surface area contributed by atoms with Crippen LogP contribution in [0.25, 0.3) is 0 Å². The predicted molar refractivity (Wildman–Crippen MR) is 119 cm³/mol. The number of carbonyl (C=O) groups excluding carboxylic acids is 3. The molecule has 0 aliphatic heterocycles. The number of para-hydroxylation sites is 1. The van der Waals surface area contributed by atoms with Gasteiger partial charge in [0.15, 0.2) is 0 Å². The largest absolute Gasteiger partial charge is 0.497 e. The number of hydrazone groups is 1. The molecule has 0 aliphatic carbocycles. The average molecular weight is 451 g/mol. The highest BCUT2D eigenvalue weighted by molar-refractivity contribution is 6.39. The van der Waals surface area contributed by atoms with E-state index in [0.29, 0.717) is 22.8 Å². The van der Waals surface area contributed by atoms with Gasteiger partial charge in [-0.3, -0.25) is 9.59 Å². The first-order valence-corrected chi connectivity index (χ1v) is 9.65. The van der Waals surface area contributed by atoms with E-state index in [0.717, 1.165) is 0 Å². The Kier molecular flexibility index (Phi) is 7.43. The SMILES string of the molecule is COc1ccc(OC)c(NC(=O)C(=O)N/N=C(\C)c2ccccc2OC(=O)c2ccco2)c1. The number of nitrogens with one attached hydrogen (secondary N) is 2. The molecule has 33 heavy (non-hydrogen) atoms. The van der Waals surface area contributed by atoms with E-state index >= 15 is 0 Å².